The maximum absolute atomic E-state index is 6.11. The lowest BCUT2D eigenvalue weighted by Crippen LogP contribution is -2.07. The smallest absolute Gasteiger partial charge is 0.123 e. The van der Waals surface area contributed by atoms with E-state index in [0.717, 1.165) is 50.5 Å². The number of nitrogens with one attached hydrogen (secondary N) is 1. The molecule has 0 amide bonds. The average molecular weight is 528 g/mol. The van der Waals surface area contributed by atoms with Crippen molar-refractivity contribution in [2.45, 2.75) is 142 Å². The zero-order valence-corrected chi connectivity index (χ0v) is 25.4. The number of unbranched alkanes of at least 4 members (excludes halogenated alkanes) is 15. The Morgan fingerprint density at radius 1 is 0.553 bits per heavy atom. The number of hydrogen-bond donors (Lipinski definition) is 1. The third-order valence-electron chi connectivity index (χ3n) is 6.95. The molecule has 0 bridgehead atoms. The first-order valence-corrected chi connectivity index (χ1v) is 16.1. The van der Waals surface area contributed by atoms with Crippen LogP contribution in [0.5, 0.6) is 11.5 Å². The minimum absolute atomic E-state index is 0.787. The van der Waals surface area contributed by atoms with Crippen LogP contribution in [0.1, 0.15) is 141 Å². The van der Waals surface area contributed by atoms with Gasteiger partial charge in [-0.15, -0.1) is 0 Å². The van der Waals surface area contributed by atoms with E-state index >= 15 is 0 Å². The lowest BCUT2D eigenvalue weighted by molar-refractivity contribution is 0.289. The van der Waals surface area contributed by atoms with Crippen molar-refractivity contribution in [3.05, 3.63) is 48.1 Å². The van der Waals surface area contributed by atoms with Gasteiger partial charge in [0, 0.05) is 12.6 Å². The monoisotopic (exact) mass is 527 g/mol. The summed E-state index contributed by atoms with van der Waals surface area (Å²) in [6, 6.07) is 6.36. The standard InChI is InChI=1S/C35H61NO2/c1-4-6-8-10-12-13-14-15-16-17-18-19-20-22-24-26-28-38-35-30-33(32-36-3)29-34(31-35)37-27-25-23-21-11-9-7-5-2/h12-13,15-16,29-31,36H,4-11,14,17-28,32H2,1-3H3/b13-12-,16-15-. The summed E-state index contributed by atoms with van der Waals surface area (Å²) in [5.41, 5.74) is 1.22. The van der Waals surface area contributed by atoms with Crippen molar-refractivity contribution >= 4 is 0 Å². The van der Waals surface area contributed by atoms with Crippen LogP contribution < -0.4 is 14.8 Å². The van der Waals surface area contributed by atoms with E-state index in [1.807, 2.05) is 7.05 Å². The summed E-state index contributed by atoms with van der Waals surface area (Å²) in [6.07, 6.45) is 33.7. The molecule has 0 spiro atoms. The summed E-state index contributed by atoms with van der Waals surface area (Å²) in [7, 11) is 1.98. The molecule has 0 saturated heterocycles. The Morgan fingerprint density at radius 2 is 1.00 bits per heavy atom. The van der Waals surface area contributed by atoms with Gasteiger partial charge in [-0.25, -0.2) is 0 Å². The highest BCUT2D eigenvalue weighted by Crippen LogP contribution is 2.24. The highest BCUT2D eigenvalue weighted by atomic mass is 16.5. The van der Waals surface area contributed by atoms with E-state index in [2.05, 4.69) is 61.7 Å². The molecule has 0 aliphatic carbocycles. The lowest BCUT2D eigenvalue weighted by atomic mass is 10.1. The summed E-state index contributed by atoms with van der Waals surface area (Å²) >= 11 is 0. The summed E-state index contributed by atoms with van der Waals surface area (Å²) in [5, 5.41) is 3.25. The molecule has 1 aromatic carbocycles. The molecule has 1 N–H and O–H groups in total. The second kappa shape index (κ2) is 26.9. The molecule has 1 rings (SSSR count). The van der Waals surface area contributed by atoms with Crippen molar-refractivity contribution in [1.82, 2.24) is 5.32 Å². The minimum Gasteiger partial charge on any atom is -0.493 e. The third-order valence-corrected chi connectivity index (χ3v) is 6.95. The van der Waals surface area contributed by atoms with Crippen molar-refractivity contribution in [1.29, 1.82) is 0 Å². The van der Waals surface area contributed by atoms with Gasteiger partial charge in [0.25, 0.3) is 0 Å². The Labute approximate surface area is 236 Å². The highest BCUT2D eigenvalue weighted by Gasteiger charge is 2.04. The molecule has 0 aromatic heterocycles. The molecule has 0 aliphatic rings. The van der Waals surface area contributed by atoms with Gasteiger partial charge in [-0.05, 0) is 69.7 Å². The van der Waals surface area contributed by atoms with E-state index in [0.29, 0.717) is 0 Å². The molecular formula is C35H61NO2. The molecule has 3 heteroatoms. The summed E-state index contributed by atoms with van der Waals surface area (Å²) in [5.74, 6) is 1.88. The van der Waals surface area contributed by atoms with Crippen LogP contribution in [0, 0.1) is 0 Å². The van der Waals surface area contributed by atoms with E-state index in [1.54, 1.807) is 0 Å². The predicted molar refractivity (Wildman–Crippen MR) is 168 cm³/mol. The van der Waals surface area contributed by atoms with Crippen LogP contribution in [-0.2, 0) is 6.54 Å². The highest BCUT2D eigenvalue weighted by molar-refractivity contribution is 5.38. The van der Waals surface area contributed by atoms with E-state index in [-0.39, 0.29) is 0 Å². The van der Waals surface area contributed by atoms with Crippen molar-refractivity contribution < 1.29 is 9.47 Å². The van der Waals surface area contributed by atoms with Gasteiger partial charge in [0.15, 0.2) is 0 Å². The molecule has 0 radical (unpaired) electrons. The summed E-state index contributed by atoms with van der Waals surface area (Å²) in [6.45, 7) is 6.94. The zero-order chi connectivity index (χ0) is 27.4. The largest absolute Gasteiger partial charge is 0.493 e. The maximum atomic E-state index is 6.11. The number of benzene rings is 1. The van der Waals surface area contributed by atoms with Crippen molar-refractivity contribution in [2.24, 2.45) is 0 Å². The van der Waals surface area contributed by atoms with Crippen LogP contribution in [0.2, 0.25) is 0 Å². The number of rotatable bonds is 27. The van der Waals surface area contributed by atoms with Gasteiger partial charge >= 0.3 is 0 Å². The predicted octanol–water partition coefficient (Wildman–Crippen LogP) is 10.7. The molecule has 0 saturated carbocycles. The van der Waals surface area contributed by atoms with Gasteiger partial charge in [0.1, 0.15) is 11.5 Å². The van der Waals surface area contributed by atoms with Crippen LogP contribution in [-0.4, -0.2) is 20.3 Å². The van der Waals surface area contributed by atoms with Gasteiger partial charge in [-0.3, -0.25) is 0 Å². The molecule has 0 heterocycles. The molecule has 38 heavy (non-hydrogen) atoms. The van der Waals surface area contributed by atoms with Crippen LogP contribution in [0.3, 0.4) is 0 Å². The fourth-order valence-electron chi connectivity index (χ4n) is 4.63. The number of ether oxygens (including phenoxy) is 2. The number of allylic oxidation sites excluding steroid dienone is 4. The maximum Gasteiger partial charge on any atom is 0.123 e. The molecule has 1 aromatic rings. The van der Waals surface area contributed by atoms with E-state index in [9.17, 15) is 0 Å². The first-order chi connectivity index (χ1) is 18.8. The second-order valence-corrected chi connectivity index (χ2v) is 10.7. The van der Waals surface area contributed by atoms with Gasteiger partial charge in [-0.2, -0.15) is 0 Å². The molecule has 0 atom stereocenters. The molecule has 0 fully saturated rings. The SMILES string of the molecule is CCCCC/C=C\C/C=C\CCCCCCCCOc1cc(CNC)cc(OCCCCCCCCC)c1. The molecule has 3 nitrogen and oxygen atoms in total. The van der Waals surface area contributed by atoms with E-state index in [4.69, 9.17) is 9.47 Å². The Morgan fingerprint density at radius 3 is 1.53 bits per heavy atom. The molecule has 0 unspecified atom stereocenters. The van der Waals surface area contributed by atoms with Gasteiger partial charge in [-0.1, -0.05) is 115 Å². The minimum atomic E-state index is 0.787. The Bertz CT molecular complexity index is 697. The Hall–Kier alpha value is -1.74. The third kappa shape index (κ3) is 21.2. The first-order valence-electron chi connectivity index (χ1n) is 16.1. The van der Waals surface area contributed by atoms with E-state index < -0.39 is 0 Å². The van der Waals surface area contributed by atoms with Crippen LogP contribution in [0.25, 0.3) is 0 Å². The molecule has 0 aliphatic heterocycles. The van der Waals surface area contributed by atoms with Gasteiger partial charge in [0.05, 0.1) is 13.2 Å². The summed E-state index contributed by atoms with van der Waals surface area (Å²) in [4.78, 5) is 0. The van der Waals surface area contributed by atoms with Crippen molar-refractivity contribution in [3.8, 4) is 11.5 Å². The fourth-order valence-corrected chi connectivity index (χ4v) is 4.63. The van der Waals surface area contributed by atoms with Gasteiger partial charge < -0.3 is 14.8 Å². The van der Waals surface area contributed by atoms with Crippen LogP contribution in [0.15, 0.2) is 42.5 Å². The molecular weight excluding hydrogens is 466 g/mol. The van der Waals surface area contributed by atoms with Crippen LogP contribution >= 0.6 is 0 Å². The average Bonchev–Trinajstić information content (AvgIpc) is 2.92. The van der Waals surface area contributed by atoms with Crippen LogP contribution in [0.4, 0.5) is 0 Å². The topological polar surface area (TPSA) is 30.5 Å². The Kier molecular flexibility index (Phi) is 24.2. The fraction of sp³-hybridized carbons (Fsp3) is 0.714. The zero-order valence-electron chi connectivity index (χ0n) is 25.4. The second-order valence-electron chi connectivity index (χ2n) is 10.7. The first kappa shape index (κ1) is 34.3. The summed E-state index contributed by atoms with van der Waals surface area (Å²) < 4.78 is 12.2. The normalized spacial score (nSPS) is 11.7. The van der Waals surface area contributed by atoms with Crippen molar-refractivity contribution in [3.63, 3.8) is 0 Å². The lowest BCUT2D eigenvalue weighted by Gasteiger charge is -2.12. The van der Waals surface area contributed by atoms with Crippen molar-refractivity contribution in [2.75, 3.05) is 20.3 Å². The van der Waals surface area contributed by atoms with Gasteiger partial charge in [0.2, 0.25) is 0 Å². The molecule has 218 valence electrons. The Balaban J connectivity index is 2.11. The van der Waals surface area contributed by atoms with E-state index in [1.165, 1.54) is 108 Å². The number of hydrogen-bond acceptors (Lipinski definition) is 3. The quantitative estimate of drug-likeness (QED) is 0.0911.